The number of nitrogens with one attached hydrogen (secondary N) is 1. The third-order valence-electron chi connectivity index (χ3n) is 3.32. The summed E-state index contributed by atoms with van der Waals surface area (Å²) in [4.78, 5) is 0. The number of benzene rings is 3. The zero-order chi connectivity index (χ0) is 14.8. The molecule has 0 saturated heterocycles. The van der Waals surface area contributed by atoms with E-state index in [1.165, 1.54) is 6.07 Å². The van der Waals surface area contributed by atoms with Crippen LogP contribution >= 0.6 is 15.9 Å². The Morgan fingerprint density at radius 1 is 0.905 bits per heavy atom. The summed E-state index contributed by atoms with van der Waals surface area (Å²) in [6.45, 7) is 0.242. The smallest absolute Gasteiger partial charge is 0.163 e. The summed E-state index contributed by atoms with van der Waals surface area (Å²) < 4.78 is 27.8. The molecule has 0 amide bonds. The summed E-state index contributed by atoms with van der Waals surface area (Å²) in [7, 11) is 0. The lowest BCUT2D eigenvalue weighted by Crippen LogP contribution is -2.03. The van der Waals surface area contributed by atoms with Gasteiger partial charge in [0.15, 0.2) is 11.6 Å². The first-order chi connectivity index (χ1) is 10.1. The third kappa shape index (κ3) is 3.05. The zero-order valence-electron chi connectivity index (χ0n) is 11.0. The van der Waals surface area contributed by atoms with Crippen LogP contribution in [-0.2, 0) is 6.54 Å². The average molecular weight is 348 g/mol. The van der Waals surface area contributed by atoms with Gasteiger partial charge in [-0.1, -0.05) is 40.2 Å². The standard InChI is InChI=1S/C17H12BrF2N/c18-14-6-4-12-9-15(7-5-11(12)8-14)21-10-13-2-1-3-16(19)17(13)20/h1-9,21H,10H2. The molecule has 0 aliphatic heterocycles. The monoisotopic (exact) mass is 347 g/mol. The summed E-state index contributed by atoms with van der Waals surface area (Å²) in [5, 5.41) is 5.32. The fourth-order valence-corrected chi connectivity index (χ4v) is 2.59. The van der Waals surface area contributed by atoms with E-state index in [1.807, 2.05) is 36.4 Å². The van der Waals surface area contributed by atoms with Gasteiger partial charge >= 0.3 is 0 Å². The molecule has 0 aliphatic rings. The SMILES string of the molecule is Fc1cccc(CNc2ccc3cc(Br)ccc3c2)c1F. The highest BCUT2D eigenvalue weighted by Crippen LogP contribution is 2.23. The second-order valence-corrected chi connectivity index (χ2v) is 5.69. The fourth-order valence-electron chi connectivity index (χ4n) is 2.21. The van der Waals surface area contributed by atoms with Gasteiger partial charge in [-0.05, 0) is 41.1 Å². The van der Waals surface area contributed by atoms with Crippen molar-refractivity contribution in [1.82, 2.24) is 0 Å². The maximum Gasteiger partial charge on any atom is 0.163 e. The van der Waals surface area contributed by atoms with Crippen LogP contribution in [0.2, 0.25) is 0 Å². The Morgan fingerprint density at radius 3 is 2.52 bits per heavy atom. The number of hydrogen-bond acceptors (Lipinski definition) is 1. The van der Waals surface area contributed by atoms with Gasteiger partial charge in [0, 0.05) is 22.3 Å². The van der Waals surface area contributed by atoms with Crippen LogP contribution in [0.4, 0.5) is 14.5 Å². The Labute approximate surface area is 129 Å². The lowest BCUT2D eigenvalue weighted by Gasteiger charge is -2.09. The highest BCUT2D eigenvalue weighted by Gasteiger charge is 2.07. The highest BCUT2D eigenvalue weighted by atomic mass is 79.9. The van der Waals surface area contributed by atoms with Gasteiger partial charge in [-0.25, -0.2) is 8.78 Å². The van der Waals surface area contributed by atoms with Crippen LogP contribution in [-0.4, -0.2) is 0 Å². The molecule has 0 heterocycles. The van der Waals surface area contributed by atoms with E-state index in [-0.39, 0.29) is 6.54 Å². The molecule has 0 aromatic heterocycles. The van der Waals surface area contributed by atoms with Gasteiger partial charge in [0.2, 0.25) is 0 Å². The van der Waals surface area contributed by atoms with Gasteiger partial charge in [0.1, 0.15) is 0 Å². The topological polar surface area (TPSA) is 12.0 Å². The first-order valence-corrected chi connectivity index (χ1v) is 7.29. The normalized spacial score (nSPS) is 10.8. The maximum absolute atomic E-state index is 13.6. The third-order valence-corrected chi connectivity index (χ3v) is 3.81. The minimum atomic E-state index is -0.822. The largest absolute Gasteiger partial charge is 0.381 e. The molecule has 0 radical (unpaired) electrons. The van der Waals surface area contributed by atoms with Crippen molar-refractivity contribution in [3.63, 3.8) is 0 Å². The van der Waals surface area contributed by atoms with Crippen molar-refractivity contribution in [2.24, 2.45) is 0 Å². The number of anilines is 1. The van der Waals surface area contributed by atoms with Crippen molar-refractivity contribution in [3.8, 4) is 0 Å². The van der Waals surface area contributed by atoms with E-state index < -0.39 is 11.6 Å². The molecular weight excluding hydrogens is 336 g/mol. The highest BCUT2D eigenvalue weighted by molar-refractivity contribution is 9.10. The molecule has 0 bridgehead atoms. The van der Waals surface area contributed by atoms with E-state index in [2.05, 4.69) is 21.2 Å². The van der Waals surface area contributed by atoms with Crippen LogP contribution in [0, 0.1) is 11.6 Å². The summed E-state index contributed by atoms with van der Waals surface area (Å²) in [5.74, 6) is -1.62. The van der Waals surface area contributed by atoms with Crippen LogP contribution in [0.5, 0.6) is 0 Å². The predicted octanol–water partition coefficient (Wildman–Crippen LogP) is 5.49. The molecule has 0 fully saturated rings. The van der Waals surface area contributed by atoms with Crippen LogP contribution in [0.1, 0.15) is 5.56 Å². The number of hydrogen-bond donors (Lipinski definition) is 1. The zero-order valence-corrected chi connectivity index (χ0v) is 12.6. The van der Waals surface area contributed by atoms with Gasteiger partial charge in [-0.3, -0.25) is 0 Å². The summed E-state index contributed by atoms with van der Waals surface area (Å²) >= 11 is 3.43. The lowest BCUT2D eigenvalue weighted by atomic mass is 10.1. The molecule has 0 aliphatic carbocycles. The van der Waals surface area contributed by atoms with E-state index >= 15 is 0 Å². The average Bonchev–Trinajstić information content (AvgIpc) is 2.49. The summed E-state index contributed by atoms with van der Waals surface area (Å²) in [6.07, 6.45) is 0. The Balaban J connectivity index is 1.82. The van der Waals surface area contributed by atoms with E-state index in [1.54, 1.807) is 6.07 Å². The Bertz CT molecular complexity index is 802. The first kappa shape index (κ1) is 14.0. The van der Waals surface area contributed by atoms with Gasteiger partial charge in [-0.2, -0.15) is 0 Å². The predicted molar refractivity (Wildman–Crippen MR) is 85.3 cm³/mol. The van der Waals surface area contributed by atoms with Crippen LogP contribution < -0.4 is 5.32 Å². The van der Waals surface area contributed by atoms with E-state index in [0.29, 0.717) is 5.56 Å². The minimum absolute atomic E-state index is 0.242. The molecule has 0 unspecified atom stereocenters. The second kappa shape index (κ2) is 5.82. The van der Waals surface area contributed by atoms with Crippen molar-refractivity contribution >= 4 is 32.4 Å². The molecule has 3 rings (SSSR count). The van der Waals surface area contributed by atoms with Crippen molar-refractivity contribution in [1.29, 1.82) is 0 Å². The van der Waals surface area contributed by atoms with E-state index in [9.17, 15) is 8.78 Å². The Hall–Kier alpha value is -1.94. The van der Waals surface area contributed by atoms with Crippen molar-refractivity contribution < 1.29 is 8.78 Å². The van der Waals surface area contributed by atoms with E-state index in [0.717, 1.165) is 27.0 Å². The Kier molecular flexibility index (Phi) is 3.88. The minimum Gasteiger partial charge on any atom is -0.381 e. The lowest BCUT2D eigenvalue weighted by molar-refractivity contribution is 0.500. The number of fused-ring (bicyclic) bond motifs is 1. The van der Waals surface area contributed by atoms with Gasteiger partial charge in [0.05, 0.1) is 0 Å². The second-order valence-electron chi connectivity index (χ2n) is 4.77. The van der Waals surface area contributed by atoms with Crippen molar-refractivity contribution in [2.45, 2.75) is 6.54 Å². The molecular formula is C17H12BrF2N. The van der Waals surface area contributed by atoms with Crippen LogP contribution in [0.3, 0.4) is 0 Å². The fraction of sp³-hybridized carbons (Fsp3) is 0.0588. The quantitative estimate of drug-likeness (QED) is 0.660. The number of rotatable bonds is 3. The molecule has 0 spiro atoms. The van der Waals surface area contributed by atoms with E-state index in [4.69, 9.17) is 0 Å². The Morgan fingerprint density at radius 2 is 1.67 bits per heavy atom. The summed E-state index contributed by atoms with van der Waals surface area (Å²) in [5.41, 5.74) is 1.18. The van der Waals surface area contributed by atoms with Crippen molar-refractivity contribution in [2.75, 3.05) is 5.32 Å². The number of halogens is 3. The molecule has 0 atom stereocenters. The van der Waals surface area contributed by atoms with Gasteiger partial charge in [0.25, 0.3) is 0 Å². The van der Waals surface area contributed by atoms with Crippen LogP contribution in [0.25, 0.3) is 10.8 Å². The molecule has 21 heavy (non-hydrogen) atoms. The molecule has 1 N–H and O–H groups in total. The molecule has 106 valence electrons. The molecule has 3 aromatic rings. The molecule has 3 aromatic carbocycles. The molecule has 1 nitrogen and oxygen atoms in total. The van der Waals surface area contributed by atoms with Gasteiger partial charge < -0.3 is 5.32 Å². The maximum atomic E-state index is 13.6. The van der Waals surface area contributed by atoms with Crippen LogP contribution in [0.15, 0.2) is 59.1 Å². The van der Waals surface area contributed by atoms with Crippen molar-refractivity contribution in [3.05, 3.63) is 76.3 Å². The molecule has 4 heteroatoms. The molecule has 0 saturated carbocycles. The summed E-state index contributed by atoms with van der Waals surface area (Å²) in [6, 6.07) is 16.1. The van der Waals surface area contributed by atoms with Gasteiger partial charge in [-0.15, -0.1) is 0 Å². The first-order valence-electron chi connectivity index (χ1n) is 6.49.